The molecule has 0 fully saturated rings. The molecule has 0 radical (unpaired) electrons. The van der Waals surface area contributed by atoms with Gasteiger partial charge in [-0.2, -0.15) is 0 Å². The Morgan fingerprint density at radius 3 is 2.67 bits per heavy atom. The third-order valence-electron chi connectivity index (χ3n) is 2.45. The lowest BCUT2D eigenvalue weighted by Gasteiger charge is -2.15. The lowest BCUT2D eigenvalue weighted by Crippen LogP contribution is -2.36. The zero-order chi connectivity index (χ0) is 16.2. The van der Waals surface area contributed by atoms with Crippen molar-refractivity contribution in [2.24, 2.45) is 0 Å². The Balaban J connectivity index is 3.17. The SMILES string of the molecule is CCOCC(C)NS(=O)(=O)c1cc(Cl)cc(C(=O)O)c1F. The summed E-state index contributed by atoms with van der Waals surface area (Å²) in [6.45, 7) is 3.79. The van der Waals surface area contributed by atoms with E-state index in [2.05, 4.69) is 4.72 Å². The fraction of sp³-hybridized carbons (Fsp3) is 0.417. The van der Waals surface area contributed by atoms with Crippen LogP contribution in [0, 0.1) is 5.82 Å². The van der Waals surface area contributed by atoms with Crippen molar-refractivity contribution in [2.45, 2.75) is 24.8 Å². The third kappa shape index (κ3) is 4.63. The van der Waals surface area contributed by atoms with Crippen LogP contribution in [0.3, 0.4) is 0 Å². The quantitative estimate of drug-likeness (QED) is 0.791. The topological polar surface area (TPSA) is 92.7 Å². The summed E-state index contributed by atoms with van der Waals surface area (Å²) < 4.78 is 45.5. The van der Waals surface area contributed by atoms with Crippen LogP contribution in [0.2, 0.25) is 5.02 Å². The first kappa shape index (κ1) is 17.8. The molecule has 0 amide bonds. The molecule has 0 bridgehead atoms. The molecule has 1 rings (SSSR count). The second-order valence-electron chi connectivity index (χ2n) is 4.25. The summed E-state index contributed by atoms with van der Waals surface area (Å²) in [7, 11) is -4.25. The maximum absolute atomic E-state index is 14.0. The van der Waals surface area contributed by atoms with Gasteiger partial charge in [-0.25, -0.2) is 22.3 Å². The highest BCUT2D eigenvalue weighted by Crippen LogP contribution is 2.24. The fourth-order valence-corrected chi connectivity index (χ4v) is 3.21. The van der Waals surface area contributed by atoms with Crippen molar-refractivity contribution in [3.8, 4) is 0 Å². The van der Waals surface area contributed by atoms with Gasteiger partial charge in [0, 0.05) is 17.7 Å². The summed E-state index contributed by atoms with van der Waals surface area (Å²) in [5.41, 5.74) is -0.805. The van der Waals surface area contributed by atoms with Gasteiger partial charge < -0.3 is 9.84 Å². The molecule has 6 nitrogen and oxygen atoms in total. The van der Waals surface area contributed by atoms with Crippen LogP contribution in [0.1, 0.15) is 24.2 Å². The summed E-state index contributed by atoms with van der Waals surface area (Å²) in [6, 6.07) is 1.10. The van der Waals surface area contributed by atoms with Gasteiger partial charge in [-0.15, -0.1) is 0 Å². The lowest BCUT2D eigenvalue weighted by atomic mass is 10.2. The summed E-state index contributed by atoms with van der Waals surface area (Å²) >= 11 is 5.65. The molecule has 1 aromatic carbocycles. The van der Waals surface area contributed by atoms with Crippen molar-refractivity contribution < 1.29 is 27.4 Å². The minimum absolute atomic E-state index is 0.101. The number of carboxylic acid groups (broad SMARTS) is 1. The molecule has 0 saturated heterocycles. The molecular formula is C12H15ClFNO5S. The second-order valence-corrected chi connectivity index (χ2v) is 6.37. The van der Waals surface area contributed by atoms with E-state index in [4.69, 9.17) is 21.4 Å². The van der Waals surface area contributed by atoms with Crippen LogP contribution in [0.15, 0.2) is 17.0 Å². The predicted molar refractivity (Wildman–Crippen MR) is 74.6 cm³/mol. The molecule has 1 atom stereocenters. The number of carbonyl (C=O) groups is 1. The van der Waals surface area contributed by atoms with E-state index in [1.165, 1.54) is 6.92 Å². The molecule has 1 aromatic rings. The van der Waals surface area contributed by atoms with Gasteiger partial charge in [0.15, 0.2) is 5.82 Å². The highest BCUT2D eigenvalue weighted by atomic mass is 35.5. The van der Waals surface area contributed by atoms with Crippen molar-refractivity contribution in [3.63, 3.8) is 0 Å². The number of halogens is 2. The first-order valence-corrected chi connectivity index (χ1v) is 7.87. The molecule has 9 heteroatoms. The van der Waals surface area contributed by atoms with Gasteiger partial charge >= 0.3 is 5.97 Å². The average molecular weight is 340 g/mol. The number of hydrogen-bond donors (Lipinski definition) is 2. The summed E-state index contributed by atoms with van der Waals surface area (Å²) in [5.74, 6) is -2.96. The average Bonchev–Trinajstić information content (AvgIpc) is 2.37. The molecule has 0 saturated carbocycles. The number of ether oxygens (including phenoxy) is 1. The molecule has 0 aliphatic heterocycles. The van der Waals surface area contributed by atoms with E-state index in [0.717, 1.165) is 12.1 Å². The normalized spacial score (nSPS) is 13.1. The monoisotopic (exact) mass is 339 g/mol. The Morgan fingerprint density at radius 1 is 1.52 bits per heavy atom. The minimum atomic E-state index is -4.25. The Kier molecular flexibility index (Phi) is 6.09. The highest BCUT2D eigenvalue weighted by molar-refractivity contribution is 7.89. The van der Waals surface area contributed by atoms with Crippen molar-refractivity contribution in [2.75, 3.05) is 13.2 Å². The van der Waals surface area contributed by atoms with Crippen molar-refractivity contribution in [3.05, 3.63) is 28.5 Å². The van der Waals surface area contributed by atoms with E-state index < -0.39 is 38.3 Å². The van der Waals surface area contributed by atoms with Gasteiger partial charge in [-0.3, -0.25) is 0 Å². The number of aromatic carboxylic acids is 1. The number of hydrogen-bond acceptors (Lipinski definition) is 4. The van der Waals surface area contributed by atoms with E-state index in [1.807, 2.05) is 0 Å². The van der Waals surface area contributed by atoms with Gasteiger partial charge in [0.1, 0.15) is 4.90 Å². The van der Waals surface area contributed by atoms with Crippen molar-refractivity contribution >= 4 is 27.6 Å². The number of rotatable bonds is 7. The molecule has 118 valence electrons. The van der Waals surface area contributed by atoms with Crippen LogP contribution >= 0.6 is 11.6 Å². The van der Waals surface area contributed by atoms with Crippen LogP contribution in [0.5, 0.6) is 0 Å². The standard InChI is InChI=1S/C12H15ClFNO5S/c1-3-20-6-7(2)15-21(18,19)10-5-8(13)4-9(11(10)14)12(16)17/h4-5,7,15H,3,6H2,1-2H3,(H,16,17). The smallest absolute Gasteiger partial charge is 0.338 e. The van der Waals surface area contributed by atoms with E-state index in [0.29, 0.717) is 6.61 Å². The van der Waals surface area contributed by atoms with Gasteiger partial charge in [-0.1, -0.05) is 11.6 Å². The number of sulfonamides is 1. The van der Waals surface area contributed by atoms with Gasteiger partial charge in [-0.05, 0) is 26.0 Å². The lowest BCUT2D eigenvalue weighted by molar-refractivity contribution is 0.0691. The molecule has 0 aliphatic rings. The number of benzene rings is 1. The minimum Gasteiger partial charge on any atom is -0.478 e. The zero-order valence-corrected chi connectivity index (χ0v) is 13.0. The summed E-state index contributed by atoms with van der Waals surface area (Å²) in [5, 5.41) is 8.66. The molecule has 1 unspecified atom stereocenters. The Morgan fingerprint density at radius 2 is 2.14 bits per heavy atom. The molecule has 21 heavy (non-hydrogen) atoms. The number of nitrogens with one attached hydrogen (secondary N) is 1. The van der Waals surface area contributed by atoms with E-state index in [1.54, 1.807) is 6.92 Å². The zero-order valence-electron chi connectivity index (χ0n) is 11.4. The van der Waals surface area contributed by atoms with Crippen LogP contribution in [-0.4, -0.2) is 38.7 Å². The first-order valence-electron chi connectivity index (χ1n) is 6.01. The molecule has 0 aromatic heterocycles. The highest BCUT2D eigenvalue weighted by Gasteiger charge is 2.26. The molecule has 2 N–H and O–H groups in total. The Hall–Kier alpha value is -1.22. The van der Waals surface area contributed by atoms with Crippen molar-refractivity contribution in [1.29, 1.82) is 0 Å². The fourth-order valence-electron chi connectivity index (χ4n) is 1.57. The van der Waals surface area contributed by atoms with E-state index in [-0.39, 0.29) is 11.6 Å². The molecule has 0 aliphatic carbocycles. The van der Waals surface area contributed by atoms with Gasteiger partial charge in [0.2, 0.25) is 10.0 Å². The van der Waals surface area contributed by atoms with Crippen molar-refractivity contribution in [1.82, 2.24) is 4.72 Å². The maximum atomic E-state index is 14.0. The molecular weight excluding hydrogens is 325 g/mol. The molecule has 0 spiro atoms. The van der Waals surface area contributed by atoms with Crippen LogP contribution in [0.25, 0.3) is 0 Å². The molecule has 0 heterocycles. The van der Waals surface area contributed by atoms with Crippen LogP contribution in [-0.2, 0) is 14.8 Å². The third-order valence-corrected chi connectivity index (χ3v) is 4.26. The van der Waals surface area contributed by atoms with Gasteiger partial charge in [0.25, 0.3) is 0 Å². The van der Waals surface area contributed by atoms with E-state index >= 15 is 0 Å². The predicted octanol–water partition coefficient (Wildman–Crippen LogP) is 1.88. The Labute approximate surface area is 126 Å². The number of carboxylic acids is 1. The van der Waals surface area contributed by atoms with Crippen LogP contribution < -0.4 is 4.72 Å². The summed E-state index contributed by atoms with van der Waals surface area (Å²) in [4.78, 5) is 10.1. The maximum Gasteiger partial charge on any atom is 0.338 e. The second kappa shape index (κ2) is 7.17. The van der Waals surface area contributed by atoms with E-state index in [9.17, 15) is 17.6 Å². The largest absolute Gasteiger partial charge is 0.478 e. The summed E-state index contributed by atoms with van der Waals surface area (Å²) in [6.07, 6.45) is 0. The Bertz CT molecular complexity index is 635. The van der Waals surface area contributed by atoms with Gasteiger partial charge in [0.05, 0.1) is 12.2 Å². The van der Waals surface area contributed by atoms with Crippen LogP contribution in [0.4, 0.5) is 4.39 Å². The first-order chi connectivity index (χ1) is 9.69.